The van der Waals surface area contributed by atoms with Crippen LogP contribution >= 0.6 is 11.6 Å². The molecular formula is C21H24ClFN2O3. The summed E-state index contributed by atoms with van der Waals surface area (Å²) in [5, 5.41) is 3.07. The van der Waals surface area contributed by atoms with Gasteiger partial charge < -0.3 is 14.6 Å². The zero-order valence-corrected chi connectivity index (χ0v) is 16.3. The third-order valence-corrected chi connectivity index (χ3v) is 5.27. The molecule has 0 radical (unpaired) electrons. The molecule has 7 heteroatoms. The fourth-order valence-electron chi connectivity index (χ4n) is 3.62. The molecule has 1 atom stereocenters. The Morgan fingerprint density at radius 2 is 1.89 bits per heavy atom. The van der Waals surface area contributed by atoms with Crippen LogP contribution < -0.4 is 5.32 Å². The number of rotatable bonds is 7. The molecule has 0 spiro atoms. The smallest absolute Gasteiger partial charge is 0.247 e. The first-order chi connectivity index (χ1) is 13.6. The number of alkyl halides is 1. The molecule has 2 amide bonds. The Labute approximate surface area is 168 Å². The summed E-state index contributed by atoms with van der Waals surface area (Å²) in [7, 11) is 0. The first-order valence-electron chi connectivity index (χ1n) is 9.52. The Morgan fingerprint density at radius 1 is 1.18 bits per heavy atom. The maximum atomic E-state index is 13.4. The lowest BCUT2D eigenvalue weighted by atomic mass is 9.94. The Kier molecular flexibility index (Phi) is 7.09. The molecular weight excluding hydrogens is 383 g/mol. The average molecular weight is 407 g/mol. The maximum Gasteiger partial charge on any atom is 0.247 e. The Bertz CT molecular complexity index is 773. The van der Waals surface area contributed by atoms with Gasteiger partial charge in [0.2, 0.25) is 11.8 Å². The lowest BCUT2D eigenvalue weighted by Gasteiger charge is -2.32. The van der Waals surface area contributed by atoms with Crippen LogP contribution in [0, 0.1) is 5.82 Å². The summed E-state index contributed by atoms with van der Waals surface area (Å²) in [6, 6.07) is 8.23. The second-order valence-corrected chi connectivity index (χ2v) is 7.30. The number of hydrogen-bond donors (Lipinski definition) is 1. The van der Waals surface area contributed by atoms with E-state index in [0.29, 0.717) is 11.3 Å². The van der Waals surface area contributed by atoms with Crippen molar-refractivity contribution in [1.29, 1.82) is 0 Å². The molecule has 1 N–H and O–H groups in total. The van der Waals surface area contributed by atoms with Crippen LogP contribution in [0.1, 0.15) is 49.5 Å². The minimum Gasteiger partial charge on any atom is -0.467 e. The van der Waals surface area contributed by atoms with Crippen molar-refractivity contribution in [2.75, 3.05) is 5.88 Å². The summed E-state index contributed by atoms with van der Waals surface area (Å²) in [5.41, 5.74) is 0.528. The zero-order chi connectivity index (χ0) is 19.9. The molecule has 1 unspecified atom stereocenters. The van der Waals surface area contributed by atoms with Gasteiger partial charge in [-0.3, -0.25) is 9.59 Å². The second kappa shape index (κ2) is 9.73. The molecule has 1 saturated carbocycles. The lowest BCUT2D eigenvalue weighted by Crippen LogP contribution is -2.47. The standard InChI is InChI=1S/C21H24ClFN2O3/c22-13-19(26)25(14-18-7-4-12-28-18)20(15-8-10-16(23)11-9-15)21(27)24-17-5-2-1-3-6-17/h4,7-12,17,20H,1-3,5-6,13-14H2,(H,24,27). The summed E-state index contributed by atoms with van der Waals surface area (Å²) in [4.78, 5) is 27.2. The Morgan fingerprint density at radius 3 is 2.50 bits per heavy atom. The molecule has 1 aromatic carbocycles. The normalized spacial score (nSPS) is 15.8. The highest BCUT2D eigenvalue weighted by atomic mass is 35.5. The molecule has 0 saturated heterocycles. The number of amides is 2. The predicted molar refractivity (Wildman–Crippen MR) is 104 cm³/mol. The molecule has 5 nitrogen and oxygen atoms in total. The molecule has 3 rings (SSSR count). The maximum absolute atomic E-state index is 13.4. The molecule has 1 heterocycles. The van der Waals surface area contributed by atoms with Gasteiger partial charge in [-0.25, -0.2) is 4.39 Å². The van der Waals surface area contributed by atoms with Crippen LogP contribution in [0.25, 0.3) is 0 Å². The zero-order valence-electron chi connectivity index (χ0n) is 15.6. The van der Waals surface area contributed by atoms with Gasteiger partial charge in [-0.15, -0.1) is 11.6 Å². The van der Waals surface area contributed by atoms with Gasteiger partial charge >= 0.3 is 0 Å². The van der Waals surface area contributed by atoms with Gasteiger partial charge in [0.1, 0.15) is 23.5 Å². The lowest BCUT2D eigenvalue weighted by molar-refractivity contribution is -0.140. The van der Waals surface area contributed by atoms with Gasteiger partial charge in [-0.1, -0.05) is 31.4 Å². The van der Waals surface area contributed by atoms with Gasteiger partial charge in [-0.2, -0.15) is 0 Å². The van der Waals surface area contributed by atoms with E-state index >= 15 is 0 Å². The van der Waals surface area contributed by atoms with E-state index in [4.69, 9.17) is 16.0 Å². The molecule has 1 aliphatic carbocycles. The monoisotopic (exact) mass is 406 g/mol. The number of carbonyl (C=O) groups excluding carboxylic acids is 2. The van der Waals surface area contributed by atoms with Crippen molar-refractivity contribution in [3.05, 3.63) is 59.8 Å². The van der Waals surface area contributed by atoms with Crippen LogP contribution in [0.3, 0.4) is 0 Å². The number of nitrogens with zero attached hydrogens (tertiary/aromatic N) is 1. The van der Waals surface area contributed by atoms with Crippen molar-refractivity contribution in [1.82, 2.24) is 10.2 Å². The van der Waals surface area contributed by atoms with Gasteiger partial charge in [-0.05, 0) is 42.7 Å². The topological polar surface area (TPSA) is 62.6 Å². The van der Waals surface area contributed by atoms with Crippen LogP contribution in [-0.2, 0) is 16.1 Å². The van der Waals surface area contributed by atoms with Crippen molar-refractivity contribution in [2.45, 2.75) is 50.7 Å². The van der Waals surface area contributed by atoms with Crippen LogP contribution in [0.5, 0.6) is 0 Å². The predicted octanol–water partition coefficient (Wildman–Crippen LogP) is 4.18. The molecule has 150 valence electrons. The van der Waals surface area contributed by atoms with Crippen LogP contribution in [0.2, 0.25) is 0 Å². The molecule has 1 aliphatic rings. The number of halogens is 2. The number of nitrogens with one attached hydrogen (secondary N) is 1. The minimum absolute atomic E-state index is 0.0840. The van der Waals surface area contributed by atoms with E-state index in [9.17, 15) is 14.0 Å². The number of hydrogen-bond acceptors (Lipinski definition) is 3. The van der Waals surface area contributed by atoms with Gasteiger partial charge in [0, 0.05) is 6.04 Å². The van der Waals surface area contributed by atoms with Crippen molar-refractivity contribution in [3.8, 4) is 0 Å². The number of benzene rings is 1. The molecule has 2 aromatic rings. The number of carbonyl (C=O) groups is 2. The fraction of sp³-hybridized carbons (Fsp3) is 0.429. The summed E-state index contributed by atoms with van der Waals surface area (Å²) in [6.07, 6.45) is 6.66. The average Bonchev–Trinajstić information content (AvgIpc) is 3.22. The van der Waals surface area contributed by atoms with Crippen LogP contribution in [-0.4, -0.2) is 28.6 Å². The van der Waals surface area contributed by atoms with E-state index in [1.807, 2.05) is 0 Å². The molecule has 1 aromatic heterocycles. The second-order valence-electron chi connectivity index (χ2n) is 7.03. The van der Waals surface area contributed by atoms with E-state index in [1.165, 1.54) is 41.8 Å². The molecule has 1 fully saturated rings. The first-order valence-corrected chi connectivity index (χ1v) is 10.1. The highest BCUT2D eigenvalue weighted by Gasteiger charge is 2.33. The Balaban J connectivity index is 1.90. The van der Waals surface area contributed by atoms with Gasteiger partial charge in [0.25, 0.3) is 0 Å². The van der Waals surface area contributed by atoms with E-state index in [1.54, 1.807) is 12.1 Å². The van der Waals surface area contributed by atoms with Crippen molar-refractivity contribution in [3.63, 3.8) is 0 Å². The van der Waals surface area contributed by atoms with E-state index in [0.717, 1.165) is 25.7 Å². The highest BCUT2D eigenvalue weighted by Crippen LogP contribution is 2.26. The minimum atomic E-state index is -0.918. The summed E-state index contributed by atoms with van der Waals surface area (Å²) >= 11 is 5.83. The van der Waals surface area contributed by atoms with Crippen LogP contribution in [0.4, 0.5) is 4.39 Å². The molecule has 0 aliphatic heterocycles. The summed E-state index contributed by atoms with van der Waals surface area (Å²) in [5.74, 6) is -0.822. The third-order valence-electron chi connectivity index (χ3n) is 5.04. The van der Waals surface area contributed by atoms with Crippen molar-refractivity contribution in [2.24, 2.45) is 0 Å². The summed E-state index contributed by atoms with van der Waals surface area (Å²) < 4.78 is 18.8. The van der Waals surface area contributed by atoms with E-state index in [-0.39, 0.29) is 24.4 Å². The molecule has 28 heavy (non-hydrogen) atoms. The molecule has 0 bridgehead atoms. The first kappa shape index (κ1) is 20.4. The van der Waals surface area contributed by atoms with Gasteiger partial charge in [0.05, 0.1) is 12.8 Å². The van der Waals surface area contributed by atoms with Crippen molar-refractivity contribution >= 4 is 23.4 Å². The third kappa shape index (κ3) is 5.13. The number of furan rings is 1. The summed E-state index contributed by atoms with van der Waals surface area (Å²) in [6.45, 7) is 0.0959. The van der Waals surface area contributed by atoms with Crippen LogP contribution in [0.15, 0.2) is 47.1 Å². The fourth-order valence-corrected chi connectivity index (χ4v) is 3.77. The van der Waals surface area contributed by atoms with E-state index in [2.05, 4.69) is 5.32 Å². The SMILES string of the molecule is O=C(NC1CCCCC1)C(c1ccc(F)cc1)N(Cc1ccco1)C(=O)CCl. The van der Waals surface area contributed by atoms with Gasteiger partial charge in [0.15, 0.2) is 0 Å². The largest absolute Gasteiger partial charge is 0.467 e. The highest BCUT2D eigenvalue weighted by molar-refractivity contribution is 6.27. The quantitative estimate of drug-likeness (QED) is 0.702. The Hall–Kier alpha value is -2.34. The van der Waals surface area contributed by atoms with Crippen molar-refractivity contribution < 1.29 is 18.4 Å². The van der Waals surface area contributed by atoms with E-state index < -0.39 is 17.8 Å².